The van der Waals surface area contributed by atoms with Crippen LogP contribution in [0.5, 0.6) is 11.5 Å². The van der Waals surface area contributed by atoms with Crippen LogP contribution in [0.2, 0.25) is 0 Å². The number of carbonyl (C=O) groups excluding carboxylic acids is 1. The van der Waals surface area contributed by atoms with Gasteiger partial charge in [0.15, 0.2) is 5.75 Å². The van der Waals surface area contributed by atoms with E-state index in [-0.39, 0.29) is 12.3 Å². The summed E-state index contributed by atoms with van der Waals surface area (Å²) in [6, 6.07) is 31.8. The maximum Gasteiger partial charge on any atom is 0.229 e. The quantitative estimate of drug-likeness (QED) is 0.278. The molecule has 1 heterocycles. The summed E-state index contributed by atoms with van der Waals surface area (Å²) >= 11 is 1.61. The van der Waals surface area contributed by atoms with Crippen molar-refractivity contribution < 1.29 is 9.53 Å². The van der Waals surface area contributed by atoms with Crippen molar-refractivity contribution in [1.29, 1.82) is 0 Å². The highest BCUT2D eigenvalue weighted by Crippen LogP contribution is 2.30. The van der Waals surface area contributed by atoms with Crippen LogP contribution in [0.4, 0.5) is 5.69 Å². The molecule has 0 radical (unpaired) electrons. The second kappa shape index (κ2) is 9.89. The Morgan fingerprint density at radius 3 is 2.50 bits per heavy atom. The predicted octanol–water partition coefficient (Wildman–Crippen LogP) is 7.17. The highest BCUT2D eigenvalue weighted by molar-refractivity contribution is 7.11. The average molecular weight is 465 g/mol. The van der Waals surface area contributed by atoms with Crippen molar-refractivity contribution in [2.45, 2.75) is 19.8 Å². The number of nitrogens with one attached hydrogen (secondary N) is 1. The molecular weight excluding hydrogens is 440 g/mol. The number of ether oxygens (including phenoxy) is 1. The topological polar surface area (TPSA) is 51.2 Å². The molecule has 34 heavy (non-hydrogen) atoms. The van der Waals surface area contributed by atoms with E-state index < -0.39 is 0 Å². The number of carbonyl (C=O) groups is 1. The summed E-state index contributed by atoms with van der Waals surface area (Å²) in [5.41, 5.74) is 2.80. The number of anilines is 1. The van der Waals surface area contributed by atoms with Gasteiger partial charge in [-0.05, 0) is 47.5 Å². The number of amides is 1. The van der Waals surface area contributed by atoms with E-state index in [0.29, 0.717) is 11.4 Å². The van der Waals surface area contributed by atoms with E-state index >= 15 is 0 Å². The van der Waals surface area contributed by atoms with Crippen molar-refractivity contribution >= 4 is 33.7 Å². The van der Waals surface area contributed by atoms with Crippen LogP contribution in [0.1, 0.15) is 21.1 Å². The zero-order valence-electron chi connectivity index (χ0n) is 18.8. The Balaban J connectivity index is 1.29. The lowest BCUT2D eigenvalue weighted by molar-refractivity contribution is -0.115. The Labute approximate surface area is 202 Å². The summed E-state index contributed by atoms with van der Waals surface area (Å²) in [4.78, 5) is 18.6. The standard InChI is InChI=1S/C29H24N2O2S/c1-20-27(34-29(30-20)18-22-12-9-11-21-10-5-6-15-24(21)22)19-28(32)31-25-16-7-8-17-26(25)33-23-13-3-2-4-14-23/h2-17H,18-19H2,1H3,(H,31,32). The SMILES string of the molecule is Cc1nc(Cc2cccc3ccccc23)sc1CC(=O)Nc1ccccc1Oc1ccccc1. The third-order valence-electron chi connectivity index (χ3n) is 5.61. The molecule has 1 aromatic heterocycles. The van der Waals surface area contributed by atoms with Crippen LogP contribution in [-0.4, -0.2) is 10.9 Å². The van der Waals surface area contributed by atoms with Crippen molar-refractivity contribution in [2.75, 3.05) is 5.32 Å². The lowest BCUT2D eigenvalue weighted by atomic mass is 10.0. The van der Waals surface area contributed by atoms with E-state index in [1.807, 2.05) is 61.5 Å². The number of fused-ring (bicyclic) bond motifs is 1. The first-order valence-corrected chi connectivity index (χ1v) is 12.0. The molecule has 0 bridgehead atoms. The molecule has 0 aliphatic heterocycles. The van der Waals surface area contributed by atoms with E-state index in [2.05, 4.69) is 47.8 Å². The minimum Gasteiger partial charge on any atom is -0.455 e. The number of aryl methyl sites for hydroxylation is 1. The lowest BCUT2D eigenvalue weighted by Gasteiger charge is -2.12. The second-order valence-corrected chi connectivity index (χ2v) is 9.24. The molecule has 0 saturated carbocycles. The zero-order chi connectivity index (χ0) is 23.3. The van der Waals surface area contributed by atoms with E-state index in [1.54, 1.807) is 11.3 Å². The minimum absolute atomic E-state index is 0.0902. The molecule has 4 nitrogen and oxygen atoms in total. The minimum atomic E-state index is -0.0902. The van der Waals surface area contributed by atoms with Gasteiger partial charge in [-0.15, -0.1) is 11.3 Å². The van der Waals surface area contributed by atoms with Crippen LogP contribution in [0.3, 0.4) is 0 Å². The Kier molecular flexibility index (Phi) is 6.36. The van der Waals surface area contributed by atoms with Gasteiger partial charge in [-0.25, -0.2) is 4.98 Å². The van der Waals surface area contributed by atoms with Gasteiger partial charge in [0.1, 0.15) is 5.75 Å². The summed E-state index contributed by atoms with van der Waals surface area (Å²) in [6.07, 6.45) is 1.03. The smallest absolute Gasteiger partial charge is 0.229 e. The molecule has 0 spiro atoms. The molecule has 0 fully saturated rings. The van der Waals surface area contributed by atoms with Gasteiger partial charge in [0, 0.05) is 11.3 Å². The first-order valence-electron chi connectivity index (χ1n) is 11.2. The number of hydrogen-bond acceptors (Lipinski definition) is 4. The van der Waals surface area contributed by atoms with Gasteiger partial charge in [0.25, 0.3) is 0 Å². The van der Waals surface area contributed by atoms with Gasteiger partial charge < -0.3 is 10.1 Å². The summed E-state index contributed by atoms with van der Waals surface area (Å²) in [5.74, 6) is 1.24. The summed E-state index contributed by atoms with van der Waals surface area (Å²) < 4.78 is 5.97. The van der Waals surface area contributed by atoms with E-state index in [4.69, 9.17) is 9.72 Å². The average Bonchev–Trinajstić information content (AvgIpc) is 3.19. The molecule has 0 saturated heterocycles. The number of thiazole rings is 1. The van der Waals surface area contributed by atoms with Crippen molar-refractivity contribution in [3.63, 3.8) is 0 Å². The van der Waals surface area contributed by atoms with Gasteiger partial charge in [0.05, 0.1) is 22.8 Å². The van der Waals surface area contributed by atoms with Crippen molar-refractivity contribution in [3.05, 3.63) is 118 Å². The van der Waals surface area contributed by atoms with Crippen LogP contribution in [-0.2, 0) is 17.6 Å². The molecule has 1 N–H and O–H groups in total. The number of para-hydroxylation sites is 3. The molecule has 5 heteroatoms. The molecule has 0 unspecified atom stereocenters. The Hall–Kier alpha value is -3.96. The lowest BCUT2D eigenvalue weighted by Crippen LogP contribution is -2.14. The molecule has 168 valence electrons. The van der Waals surface area contributed by atoms with Crippen molar-refractivity contribution in [2.24, 2.45) is 0 Å². The second-order valence-electron chi connectivity index (χ2n) is 8.07. The van der Waals surface area contributed by atoms with Crippen LogP contribution in [0, 0.1) is 6.92 Å². The normalized spacial score (nSPS) is 10.9. The van der Waals surface area contributed by atoms with E-state index in [9.17, 15) is 4.79 Å². The fraction of sp³-hybridized carbons (Fsp3) is 0.103. The molecule has 0 aliphatic rings. The van der Waals surface area contributed by atoms with Gasteiger partial charge in [0.2, 0.25) is 5.91 Å². The molecular formula is C29H24N2O2S. The van der Waals surface area contributed by atoms with Gasteiger partial charge in [-0.3, -0.25) is 4.79 Å². The molecule has 0 atom stereocenters. The van der Waals surface area contributed by atoms with E-state index in [1.165, 1.54) is 16.3 Å². The van der Waals surface area contributed by atoms with Crippen LogP contribution in [0.15, 0.2) is 97.1 Å². The first-order chi connectivity index (χ1) is 16.7. The van der Waals surface area contributed by atoms with Crippen LogP contribution < -0.4 is 10.1 Å². The Morgan fingerprint density at radius 2 is 1.62 bits per heavy atom. The third-order valence-corrected chi connectivity index (χ3v) is 6.77. The third kappa shape index (κ3) is 5.00. The first kappa shape index (κ1) is 21.9. The van der Waals surface area contributed by atoms with Gasteiger partial charge in [-0.2, -0.15) is 0 Å². The van der Waals surface area contributed by atoms with Crippen LogP contribution in [0.25, 0.3) is 10.8 Å². The van der Waals surface area contributed by atoms with Gasteiger partial charge >= 0.3 is 0 Å². The fourth-order valence-corrected chi connectivity index (χ4v) is 5.04. The van der Waals surface area contributed by atoms with E-state index in [0.717, 1.165) is 27.7 Å². The number of nitrogens with zero attached hydrogens (tertiary/aromatic N) is 1. The number of hydrogen-bond donors (Lipinski definition) is 1. The monoisotopic (exact) mass is 464 g/mol. The number of benzene rings is 4. The zero-order valence-corrected chi connectivity index (χ0v) is 19.6. The molecule has 5 aromatic rings. The Morgan fingerprint density at radius 1 is 0.882 bits per heavy atom. The predicted molar refractivity (Wildman–Crippen MR) is 139 cm³/mol. The van der Waals surface area contributed by atoms with Crippen LogP contribution >= 0.6 is 11.3 Å². The maximum atomic E-state index is 12.9. The number of rotatable bonds is 7. The van der Waals surface area contributed by atoms with Gasteiger partial charge in [-0.1, -0.05) is 72.8 Å². The molecule has 4 aromatic carbocycles. The molecule has 1 amide bonds. The summed E-state index contributed by atoms with van der Waals surface area (Å²) in [5, 5.41) is 6.49. The largest absolute Gasteiger partial charge is 0.455 e. The Bertz CT molecular complexity index is 1440. The molecule has 0 aliphatic carbocycles. The highest BCUT2D eigenvalue weighted by Gasteiger charge is 2.15. The number of aromatic nitrogens is 1. The highest BCUT2D eigenvalue weighted by atomic mass is 32.1. The maximum absolute atomic E-state index is 12.9. The van der Waals surface area contributed by atoms with Crippen molar-refractivity contribution in [1.82, 2.24) is 4.98 Å². The molecule has 5 rings (SSSR count). The van der Waals surface area contributed by atoms with Crippen molar-refractivity contribution in [3.8, 4) is 11.5 Å². The summed E-state index contributed by atoms with van der Waals surface area (Å²) in [6.45, 7) is 1.97. The fourth-order valence-electron chi connectivity index (χ4n) is 3.95. The summed E-state index contributed by atoms with van der Waals surface area (Å²) in [7, 11) is 0.